The molecule has 1 N–H and O–H groups in total. The average molecular weight is 271 g/mol. The first kappa shape index (κ1) is 13.3. The Morgan fingerprint density at radius 2 is 2.11 bits per heavy atom. The van der Waals surface area contributed by atoms with Crippen LogP contribution >= 0.6 is 0 Å². The molecule has 0 aliphatic heterocycles. The van der Waals surface area contributed by atoms with Crippen LogP contribution in [0.15, 0.2) is 24.7 Å². The highest BCUT2D eigenvalue weighted by Gasteiger charge is 2.34. The monoisotopic (exact) mass is 271 g/mol. The van der Waals surface area contributed by atoms with Crippen LogP contribution in [0.2, 0.25) is 0 Å². The second-order valence-corrected chi connectivity index (χ2v) is 4.06. The average Bonchev–Trinajstić information content (AvgIpc) is 2.75. The van der Waals surface area contributed by atoms with E-state index in [4.69, 9.17) is 0 Å². The molecule has 0 aliphatic rings. The Hall–Kier alpha value is -2.12. The second kappa shape index (κ2) is 4.87. The van der Waals surface area contributed by atoms with Gasteiger partial charge in [0, 0.05) is 13.2 Å². The van der Waals surface area contributed by atoms with Gasteiger partial charge in [0.25, 0.3) is 0 Å². The smallest absolute Gasteiger partial charge is 0.360 e. The summed E-state index contributed by atoms with van der Waals surface area (Å²) in [5, 5.41) is 10.2. The molecule has 19 heavy (non-hydrogen) atoms. The zero-order chi connectivity index (χ0) is 14.0. The van der Waals surface area contributed by atoms with E-state index < -0.39 is 17.8 Å². The van der Waals surface area contributed by atoms with E-state index in [2.05, 4.69) is 20.5 Å². The molecule has 0 fully saturated rings. The normalized spacial score (nSPS) is 13.3. The molecule has 1 unspecified atom stereocenters. The minimum Gasteiger partial charge on any atom is -0.360 e. The standard InChI is InChI=1S/C11H12F3N5/c1-7(10-18-16-6-19(10)2)17-9-8(11(12,13)14)4-3-5-15-9/h3-7H,1-2H3,(H,15,17). The number of rotatable bonds is 3. The van der Waals surface area contributed by atoms with Crippen LogP contribution in [0.5, 0.6) is 0 Å². The van der Waals surface area contributed by atoms with Crippen molar-refractivity contribution in [1.29, 1.82) is 0 Å². The first-order valence-electron chi connectivity index (χ1n) is 5.52. The molecule has 0 amide bonds. The molecule has 5 nitrogen and oxygen atoms in total. The largest absolute Gasteiger partial charge is 0.419 e. The first-order chi connectivity index (χ1) is 8.89. The van der Waals surface area contributed by atoms with Crippen LogP contribution in [-0.2, 0) is 13.2 Å². The van der Waals surface area contributed by atoms with Crippen LogP contribution in [0.3, 0.4) is 0 Å². The number of anilines is 1. The van der Waals surface area contributed by atoms with Crippen molar-refractivity contribution in [3.63, 3.8) is 0 Å². The lowest BCUT2D eigenvalue weighted by Gasteiger charge is -2.17. The SMILES string of the molecule is CC(Nc1ncccc1C(F)(F)F)c1nncn1C. The van der Waals surface area contributed by atoms with Gasteiger partial charge in [0.2, 0.25) is 0 Å². The van der Waals surface area contributed by atoms with Crippen LogP contribution in [0, 0.1) is 0 Å². The number of hydrogen-bond acceptors (Lipinski definition) is 4. The van der Waals surface area contributed by atoms with Gasteiger partial charge in [-0.2, -0.15) is 13.2 Å². The third kappa shape index (κ3) is 2.83. The van der Waals surface area contributed by atoms with Crippen molar-refractivity contribution in [1.82, 2.24) is 19.7 Å². The van der Waals surface area contributed by atoms with Crippen molar-refractivity contribution in [2.45, 2.75) is 19.1 Å². The molecule has 2 rings (SSSR count). The van der Waals surface area contributed by atoms with Gasteiger partial charge in [0.05, 0.1) is 11.6 Å². The van der Waals surface area contributed by atoms with Crippen LogP contribution in [0.25, 0.3) is 0 Å². The Balaban J connectivity index is 2.27. The number of hydrogen-bond donors (Lipinski definition) is 1. The van der Waals surface area contributed by atoms with E-state index in [1.807, 2.05) is 0 Å². The Labute approximate surface area is 107 Å². The van der Waals surface area contributed by atoms with Crippen molar-refractivity contribution >= 4 is 5.82 Å². The molecule has 0 saturated carbocycles. The summed E-state index contributed by atoms with van der Waals surface area (Å²) in [4.78, 5) is 3.74. The lowest BCUT2D eigenvalue weighted by atomic mass is 10.2. The second-order valence-electron chi connectivity index (χ2n) is 4.06. The summed E-state index contributed by atoms with van der Waals surface area (Å²) in [5.41, 5.74) is -0.802. The van der Waals surface area contributed by atoms with Crippen LogP contribution in [0.1, 0.15) is 24.4 Å². The fourth-order valence-electron chi connectivity index (χ4n) is 1.70. The molecule has 0 saturated heterocycles. The lowest BCUT2D eigenvalue weighted by Crippen LogP contribution is -2.17. The summed E-state index contributed by atoms with van der Waals surface area (Å²) >= 11 is 0. The van der Waals surface area contributed by atoms with Crippen molar-refractivity contribution in [2.75, 3.05) is 5.32 Å². The fraction of sp³-hybridized carbons (Fsp3) is 0.364. The zero-order valence-corrected chi connectivity index (χ0v) is 10.3. The summed E-state index contributed by atoms with van der Waals surface area (Å²) in [6.45, 7) is 1.69. The maximum absolute atomic E-state index is 12.8. The Bertz CT molecular complexity index is 563. The number of aromatic nitrogens is 4. The lowest BCUT2D eigenvalue weighted by molar-refractivity contribution is -0.137. The summed E-state index contributed by atoms with van der Waals surface area (Å²) < 4.78 is 40.1. The number of alkyl halides is 3. The highest BCUT2D eigenvalue weighted by molar-refractivity contribution is 5.46. The van der Waals surface area contributed by atoms with Crippen molar-refractivity contribution in [3.8, 4) is 0 Å². The third-order valence-electron chi connectivity index (χ3n) is 2.60. The molecular formula is C11H12F3N5. The van der Waals surface area contributed by atoms with Gasteiger partial charge >= 0.3 is 6.18 Å². The van der Waals surface area contributed by atoms with Crippen LogP contribution < -0.4 is 5.32 Å². The Morgan fingerprint density at radius 1 is 1.37 bits per heavy atom. The van der Waals surface area contributed by atoms with Gasteiger partial charge < -0.3 is 9.88 Å². The van der Waals surface area contributed by atoms with E-state index >= 15 is 0 Å². The number of nitrogens with zero attached hydrogens (tertiary/aromatic N) is 4. The van der Waals surface area contributed by atoms with E-state index in [-0.39, 0.29) is 5.82 Å². The van der Waals surface area contributed by atoms with E-state index in [0.29, 0.717) is 5.82 Å². The van der Waals surface area contributed by atoms with Gasteiger partial charge in [-0.25, -0.2) is 4.98 Å². The van der Waals surface area contributed by atoms with Gasteiger partial charge in [-0.1, -0.05) is 0 Å². The van der Waals surface area contributed by atoms with Gasteiger partial charge in [0.1, 0.15) is 12.1 Å². The Kier molecular flexibility index (Phi) is 3.41. The molecule has 0 bridgehead atoms. The molecule has 0 aliphatic carbocycles. The van der Waals surface area contributed by atoms with Crippen molar-refractivity contribution in [2.24, 2.45) is 7.05 Å². The maximum Gasteiger partial charge on any atom is 0.419 e. The number of halogens is 3. The minimum atomic E-state index is -4.45. The minimum absolute atomic E-state index is 0.217. The van der Waals surface area contributed by atoms with E-state index in [1.165, 1.54) is 18.6 Å². The van der Waals surface area contributed by atoms with Crippen molar-refractivity contribution in [3.05, 3.63) is 36.0 Å². The summed E-state index contributed by atoms with van der Waals surface area (Å²) in [6.07, 6.45) is -1.66. The Morgan fingerprint density at radius 3 is 2.68 bits per heavy atom. The fourth-order valence-corrected chi connectivity index (χ4v) is 1.70. The number of pyridine rings is 1. The third-order valence-corrected chi connectivity index (χ3v) is 2.60. The predicted molar refractivity (Wildman–Crippen MR) is 62.3 cm³/mol. The predicted octanol–water partition coefficient (Wildman–Crippen LogP) is 2.40. The molecule has 0 spiro atoms. The van der Waals surface area contributed by atoms with Crippen molar-refractivity contribution < 1.29 is 13.2 Å². The van der Waals surface area contributed by atoms with Gasteiger partial charge in [-0.3, -0.25) is 0 Å². The molecule has 1 atom stereocenters. The zero-order valence-electron chi connectivity index (χ0n) is 10.3. The maximum atomic E-state index is 12.8. The summed E-state index contributed by atoms with van der Waals surface area (Å²) in [5.74, 6) is 0.310. The highest BCUT2D eigenvalue weighted by atomic mass is 19.4. The molecule has 102 valence electrons. The molecular weight excluding hydrogens is 259 g/mol. The van der Waals surface area contributed by atoms with Gasteiger partial charge in [-0.05, 0) is 19.1 Å². The summed E-state index contributed by atoms with van der Waals surface area (Å²) in [7, 11) is 1.72. The molecule has 2 aromatic heterocycles. The topological polar surface area (TPSA) is 55.6 Å². The quantitative estimate of drug-likeness (QED) is 0.931. The molecule has 2 heterocycles. The summed E-state index contributed by atoms with van der Waals surface area (Å²) in [6, 6.07) is 1.79. The molecule has 0 aromatic carbocycles. The molecule has 2 aromatic rings. The number of aryl methyl sites for hydroxylation is 1. The van der Waals surface area contributed by atoms with Gasteiger partial charge in [0.15, 0.2) is 5.82 Å². The molecule has 8 heteroatoms. The first-order valence-corrected chi connectivity index (χ1v) is 5.52. The molecule has 0 radical (unpaired) electrons. The van der Waals surface area contributed by atoms with Gasteiger partial charge in [-0.15, -0.1) is 10.2 Å². The number of nitrogens with one attached hydrogen (secondary N) is 1. The van der Waals surface area contributed by atoms with E-state index in [9.17, 15) is 13.2 Å². The van der Waals surface area contributed by atoms with Crippen LogP contribution in [0.4, 0.5) is 19.0 Å². The van der Waals surface area contributed by atoms with Crippen LogP contribution in [-0.4, -0.2) is 19.7 Å². The van der Waals surface area contributed by atoms with E-state index in [1.54, 1.807) is 18.5 Å². The van der Waals surface area contributed by atoms with E-state index in [0.717, 1.165) is 6.07 Å². The highest BCUT2D eigenvalue weighted by Crippen LogP contribution is 2.34.